The van der Waals surface area contributed by atoms with Gasteiger partial charge in [-0.2, -0.15) is 11.6 Å². The zero-order chi connectivity index (χ0) is 18.7. The van der Waals surface area contributed by atoms with Crippen molar-refractivity contribution in [3.63, 3.8) is 0 Å². The summed E-state index contributed by atoms with van der Waals surface area (Å²) in [4.78, 5) is 22.3. The number of aldehydes is 1. The molecule has 0 bridgehead atoms. The first kappa shape index (κ1) is 22.5. The first-order valence-electron chi connectivity index (χ1n) is 8.56. The number of hydrogen-bond donors (Lipinski definition) is 0. The van der Waals surface area contributed by atoms with Crippen molar-refractivity contribution in [2.75, 3.05) is 7.05 Å². The van der Waals surface area contributed by atoms with Gasteiger partial charge in [0.05, 0.1) is 0 Å². The zero-order valence-electron chi connectivity index (χ0n) is 15.1. The van der Waals surface area contributed by atoms with E-state index < -0.39 is 0 Å². The molecule has 138 valence electrons. The van der Waals surface area contributed by atoms with Gasteiger partial charge >= 0.3 is 4.05 Å². The first-order valence-corrected chi connectivity index (χ1v) is 10.7. The van der Waals surface area contributed by atoms with Crippen molar-refractivity contribution in [1.82, 2.24) is 4.90 Å². The maximum Gasteiger partial charge on any atom is 0.435 e. The van der Waals surface area contributed by atoms with Crippen LogP contribution in [-0.2, 0) is 20.7 Å². The average molecular weight is 475 g/mol. The Hall–Kier alpha value is -0.535. The molecule has 0 aromatic heterocycles. The Morgan fingerprint density at radius 1 is 1.40 bits per heavy atom. The maximum atomic E-state index is 10.5. The van der Waals surface area contributed by atoms with Crippen LogP contribution in [0.2, 0.25) is 0 Å². The number of hydrogen-bond acceptors (Lipinski definition) is 4. The van der Waals surface area contributed by atoms with E-state index in [4.69, 9.17) is 4.65 Å². The fourth-order valence-electron chi connectivity index (χ4n) is 2.49. The largest absolute Gasteiger partial charge is 0.435 e. The average Bonchev–Trinajstić information content (AvgIpc) is 2.60. The molecule has 1 amide bonds. The van der Waals surface area contributed by atoms with Crippen LogP contribution < -0.4 is 0 Å². The topological polar surface area (TPSA) is 46.6 Å². The monoisotopic (exact) mass is 475 g/mol. The van der Waals surface area contributed by atoms with Crippen LogP contribution in [0.5, 0.6) is 0 Å². The normalized spacial score (nSPS) is 20.9. The standard InChI is InChI=1S/C11H15NO.C7H12BIO2S/c1-10(12(2)9-13)8-11-6-4-3-5-7-11;1-6-5-7(3-2-4-10)12-8(9)11-6/h3-7,9-10H,8H2,1-2H3;4,6-7H,2-3,5H2,1H3. The van der Waals surface area contributed by atoms with Crippen LogP contribution >= 0.6 is 34.0 Å². The molecular weight excluding hydrogens is 448 g/mol. The number of benzene rings is 1. The van der Waals surface area contributed by atoms with Crippen molar-refractivity contribution in [2.45, 2.75) is 56.9 Å². The third kappa shape index (κ3) is 9.65. The van der Waals surface area contributed by atoms with Crippen molar-refractivity contribution < 1.29 is 14.2 Å². The Bertz CT molecular complexity index is 498. The van der Waals surface area contributed by atoms with Crippen LogP contribution in [0.25, 0.3) is 0 Å². The van der Waals surface area contributed by atoms with E-state index in [1.165, 1.54) is 5.56 Å². The van der Waals surface area contributed by atoms with E-state index in [0.29, 0.717) is 17.8 Å². The molecule has 7 heteroatoms. The molecule has 3 unspecified atom stereocenters. The minimum absolute atomic E-state index is 0.264. The van der Waals surface area contributed by atoms with Gasteiger partial charge in [0.25, 0.3) is 0 Å². The van der Waals surface area contributed by atoms with Gasteiger partial charge in [0.2, 0.25) is 6.41 Å². The highest BCUT2D eigenvalue weighted by atomic mass is 127. The Balaban J connectivity index is 0.000000251. The van der Waals surface area contributed by atoms with Gasteiger partial charge < -0.3 is 14.3 Å². The van der Waals surface area contributed by atoms with E-state index >= 15 is 0 Å². The quantitative estimate of drug-likeness (QED) is 0.340. The van der Waals surface area contributed by atoms with E-state index in [1.54, 1.807) is 11.9 Å². The molecule has 1 aliphatic rings. The minimum Gasteiger partial charge on any atom is -0.415 e. The summed E-state index contributed by atoms with van der Waals surface area (Å²) >= 11 is 4.13. The lowest BCUT2D eigenvalue weighted by molar-refractivity contribution is -0.118. The fourth-order valence-corrected chi connectivity index (χ4v) is 5.45. The van der Waals surface area contributed by atoms with Crippen LogP contribution in [0.1, 0.15) is 38.7 Å². The molecule has 0 N–H and O–H groups in total. The van der Waals surface area contributed by atoms with Gasteiger partial charge in [-0.05, 0) is 38.7 Å². The van der Waals surface area contributed by atoms with Gasteiger partial charge in [0.15, 0.2) is 0 Å². The number of rotatable bonds is 7. The van der Waals surface area contributed by atoms with E-state index in [-0.39, 0.29) is 10.1 Å². The lowest BCUT2D eigenvalue weighted by Crippen LogP contribution is -2.29. The summed E-state index contributed by atoms with van der Waals surface area (Å²) in [6, 6.07) is 10.5. The lowest BCUT2D eigenvalue weighted by Gasteiger charge is -2.28. The highest BCUT2D eigenvalue weighted by molar-refractivity contribution is 14.1. The Labute approximate surface area is 169 Å². The van der Waals surface area contributed by atoms with E-state index in [2.05, 4.69) is 41.4 Å². The molecule has 1 aromatic carbocycles. The van der Waals surface area contributed by atoms with Crippen LogP contribution in [0.4, 0.5) is 0 Å². The molecule has 0 radical (unpaired) electrons. The van der Waals surface area contributed by atoms with Gasteiger partial charge in [0, 0.05) is 30.9 Å². The second kappa shape index (κ2) is 12.8. The maximum absolute atomic E-state index is 10.5. The third-order valence-corrected chi connectivity index (χ3v) is 6.39. The third-order valence-electron chi connectivity index (χ3n) is 4.08. The summed E-state index contributed by atoms with van der Waals surface area (Å²) in [6.45, 7) is 4.14. The SMILES string of the molecule is CC(Cc1ccccc1)N(C)C=O.CC1CC(CCC=O)SB(I)O1. The molecule has 1 aliphatic heterocycles. The molecule has 1 fully saturated rings. The minimum atomic E-state index is 0.264. The predicted molar refractivity (Wildman–Crippen MR) is 115 cm³/mol. The summed E-state index contributed by atoms with van der Waals surface area (Å²) in [5.41, 5.74) is 1.27. The van der Waals surface area contributed by atoms with Crippen LogP contribution in [0.15, 0.2) is 30.3 Å². The molecule has 3 atom stereocenters. The Kier molecular flexibility index (Phi) is 11.5. The number of halogens is 1. The number of likely N-dealkylation sites (N-methyl/N-ethyl adjacent to an activating group) is 1. The molecule has 0 spiro atoms. The smallest absolute Gasteiger partial charge is 0.415 e. The molecule has 1 saturated heterocycles. The number of carbonyl (C=O) groups excluding carboxylic acids is 2. The summed E-state index contributed by atoms with van der Waals surface area (Å²) < 4.78 is 5.82. The Morgan fingerprint density at radius 2 is 2.08 bits per heavy atom. The van der Waals surface area contributed by atoms with Crippen molar-refractivity contribution in [3.05, 3.63) is 35.9 Å². The molecule has 4 nitrogen and oxygen atoms in total. The van der Waals surface area contributed by atoms with E-state index in [9.17, 15) is 9.59 Å². The van der Waals surface area contributed by atoms with Gasteiger partial charge in [-0.3, -0.25) is 4.79 Å². The van der Waals surface area contributed by atoms with Gasteiger partial charge in [-0.1, -0.05) is 52.7 Å². The van der Waals surface area contributed by atoms with Crippen molar-refractivity contribution >= 4 is 50.7 Å². The highest BCUT2D eigenvalue weighted by Crippen LogP contribution is 2.33. The second-order valence-electron chi connectivity index (χ2n) is 6.27. The number of carbonyl (C=O) groups is 2. The first-order chi connectivity index (χ1) is 12.0. The molecule has 2 rings (SSSR count). The van der Waals surface area contributed by atoms with Crippen molar-refractivity contribution in [3.8, 4) is 0 Å². The summed E-state index contributed by atoms with van der Waals surface area (Å²) in [5, 5.41) is 0.612. The summed E-state index contributed by atoms with van der Waals surface area (Å²) in [7, 11) is 1.81. The molecule has 0 saturated carbocycles. The van der Waals surface area contributed by atoms with Crippen LogP contribution in [-0.4, -0.2) is 46.1 Å². The van der Waals surface area contributed by atoms with Crippen LogP contribution in [0.3, 0.4) is 0 Å². The van der Waals surface area contributed by atoms with Crippen molar-refractivity contribution in [2.24, 2.45) is 0 Å². The second-order valence-corrected chi connectivity index (χ2v) is 9.61. The molecule has 1 aromatic rings. The van der Waals surface area contributed by atoms with Gasteiger partial charge in [-0.15, -0.1) is 0 Å². The highest BCUT2D eigenvalue weighted by Gasteiger charge is 2.28. The molecule has 1 heterocycles. The summed E-state index contributed by atoms with van der Waals surface area (Å²) in [6.07, 6.45) is 5.91. The number of amides is 1. The molecular formula is C18H27BINO3S. The van der Waals surface area contributed by atoms with Gasteiger partial charge in [-0.25, -0.2) is 0 Å². The van der Waals surface area contributed by atoms with E-state index in [0.717, 1.165) is 32.0 Å². The molecule has 0 aliphatic carbocycles. The van der Waals surface area contributed by atoms with Crippen molar-refractivity contribution in [1.29, 1.82) is 0 Å². The van der Waals surface area contributed by atoms with Gasteiger partial charge in [0.1, 0.15) is 6.29 Å². The van der Waals surface area contributed by atoms with E-state index in [1.807, 2.05) is 36.7 Å². The number of nitrogens with zero attached hydrogens (tertiary/aromatic N) is 1. The molecule has 25 heavy (non-hydrogen) atoms. The lowest BCUT2D eigenvalue weighted by atomic mass is 10.1. The Morgan fingerprint density at radius 3 is 2.64 bits per heavy atom. The zero-order valence-corrected chi connectivity index (χ0v) is 18.1. The van der Waals surface area contributed by atoms with Crippen LogP contribution in [0, 0.1) is 0 Å². The fraction of sp³-hybridized carbons (Fsp3) is 0.556. The predicted octanol–water partition coefficient (Wildman–Crippen LogP) is 4.00. The summed E-state index contributed by atoms with van der Waals surface area (Å²) in [5.74, 6) is 0.